The number of rotatable bonds is 5. The number of non-ortho nitro benzene ring substituents is 1. The molecule has 0 fully saturated rings. The molecule has 2 aromatic carbocycles. The van der Waals surface area contributed by atoms with E-state index in [1.165, 1.54) is 28.0 Å². The average Bonchev–Trinajstić information content (AvgIpc) is 3.39. The highest BCUT2D eigenvalue weighted by atomic mass is 32.1. The van der Waals surface area contributed by atoms with E-state index >= 15 is 0 Å². The van der Waals surface area contributed by atoms with E-state index in [4.69, 9.17) is 0 Å². The molecule has 0 amide bonds. The Morgan fingerprint density at radius 3 is 2.56 bits per heavy atom. The normalized spacial score (nSPS) is 12.9. The largest absolute Gasteiger partial charge is 0.337 e. The maximum atomic E-state index is 13.6. The lowest BCUT2D eigenvalue weighted by Gasteiger charge is -2.13. The lowest BCUT2D eigenvalue weighted by atomic mass is 10.1. The Morgan fingerprint density at radius 2 is 1.84 bits per heavy atom. The Labute approximate surface area is 187 Å². The third-order valence-electron chi connectivity index (χ3n) is 6.05. The monoisotopic (exact) mass is 447 g/mol. The van der Waals surface area contributed by atoms with Gasteiger partial charge >= 0.3 is 5.69 Å². The summed E-state index contributed by atoms with van der Waals surface area (Å²) in [5.74, 6) is 0. The molecular weight excluding hydrogens is 426 g/mol. The molecule has 1 aliphatic rings. The molecule has 162 valence electrons. The van der Waals surface area contributed by atoms with Gasteiger partial charge in [-0.15, -0.1) is 11.3 Å². The van der Waals surface area contributed by atoms with Crippen LogP contribution in [0.25, 0.3) is 15.9 Å². The van der Waals surface area contributed by atoms with Gasteiger partial charge in [0.05, 0.1) is 22.5 Å². The second kappa shape index (κ2) is 7.87. The minimum absolute atomic E-state index is 0.0241. The van der Waals surface area contributed by atoms with Crippen molar-refractivity contribution in [3.63, 3.8) is 0 Å². The van der Waals surface area contributed by atoms with E-state index in [1.807, 2.05) is 19.1 Å². The SMILES string of the molecule is CCc1ccc(-n2c(=O)c3c4c(sc3n(Cc3cccc([N+](=O)[O-])c3)c2=O)CCC4)cc1. The molecule has 2 heterocycles. The predicted molar refractivity (Wildman–Crippen MR) is 125 cm³/mol. The van der Waals surface area contributed by atoms with Crippen molar-refractivity contribution in [1.29, 1.82) is 0 Å². The van der Waals surface area contributed by atoms with Gasteiger partial charge in [-0.2, -0.15) is 0 Å². The number of hydrogen-bond acceptors (Lipinski definition) is 5. The Bertz CT molecular complexity index is 1480. The van der Waals surface area contributed by atoms with Crippen LogP contribution in [0.4, 0.5) is 5.69 Å². The number of thiophene rings is 1. The van der Waals surface area contributed by atoms with Crippen molar-refractivity contribution in [2.24, 2.45) is 0 Å². The van der Waals surface area contributed by atoms with Crippen molar-refractivity contribution in [3.8, 4) is 5.69 Å². The Morgan fingerprint density at radius 1 is 1.06 bits per heavy atom. The van der Waals surface area contributed by atoms with Crippen LogP contribution in [0.5, 0.6) is 0 Å². The number of nitro benzene ring substituents is 1. The maximum absolute atomic E-state index is 13.6. The maximum Gasteiger partial charge on any atom is 0.337 e. The summed E-state index contributed by atoms with van der Waals surface area (Å²) < 4.78 is 2.83. The number of hydrogen-bond donors (Lipinski definition) is 0. The number of aromatic nitrogens is 2. The third-order valence-corrected chi connectivity index (χ3v) is 7.37. The van der Waals surface area contributed by atoms with Crippen molar-refractivity contribution in [2.45, 2.75) is 39.2 Å². The third kappa shape index (κ3) is 3.27. The fourth-order valence-corrected chi connectivity index (χ4v) is 5.78. The van der Waals surface area contributed by atoms with Crippen molar-refractivity contribution in [2.75, 3.05) is 0 Å². The van der Waals surface area contributed by atoms with Crippen molar-refractivity contribution >= 4 is 27.2 Å². The first-order chi connectivity index (χ1) is 15.5. The average molecular weight is 448 g/mol. The summed E-state index contributed by atoms with van der Waals surface area (Å²) in [6, 6.07) is 13.7. The zero-order chi connectivity index (χ0) is 22.4. The minimum Gasteiger partial charge on any atom is -0.279 e. The molecule has 7 nitrogen and oxygen atoms in total. The molecule has 5 rings (SSSR count). The van der Waals surface area contributed by atoms with Crippen molar-refractivity contribution in [3.05, 3.63) is 101 Å². The van der Waals surface area contributed by atoms with Gasteiger partial charge in [-0.25, -0.2) is 9.36 Å². The van der Waals surface area contributed by atoms with Gasteiger partial charge in [0.2, 0.25) is 0 Å². The molecule has 0 aliphatic heterocycles. The molecule has 0 unspecified atom stereocenters. The van der Waals surface area contributed by atoms with E-state index in [2.05, 4.69) is 0 Å². The van der Waals surface area contributed by atoms with Crippen LogP contribution in [0.15, 0.2) is 58.1 Å². The van der Waals surface area contributed by atoms with Gasteiger partial charge < -0.3 is 0 Å². The smallest absolute Gasteiger partial charge is 0.279 e. The molecule has 8 heteroatoms. The second-order valence-corrected chi connectivity index (χ2v) is 9.08. The van der Waals surface area contributed by atoms with Gasteiger partial charge in [-0.3, -0.25) is 19.5 Å². The molecule has 0 saturated carbocycles. The first-order valence-corrected chi connectivity index (χ1v) is 11.4. The van der Waals surface area contributed by atoms with E-state index in [-0.39, 0.29) is 17.8 Å². The van der Waals surface area contributed by atoms with Crippen LogP contribution >= 0.6 is 11.3 Å². The van der Waals surface area contributed by atoms with Gasteiger partial charge in [-0.05, 0) is 54.5 Å². The summed E-state index contributed by atoms with van der Waals surface area (Å²) in [4.78, 5) is 39.7. The molecule has 0 N–H and O–H groups in total. The van der Waals surface area contributed by atoms with Crippen LogP contribution in [0.3, 0.4) is 0 Å². The van der Waals surface area contributed by atoms with E-state index in [0.29, 0.717) is 21.5 Å². The molecule has 32 heavy (non-hydrogen) atoms. The van der Waals surface area contributed by atoms with Crippen molar-refractivity contribution in [1.82, 2.24) is 9.13 Å². The zero-order valence-corrected chi connectivity index (χ0v) is 18.4. The molecule has 0 radical (unpaired) electrons. The Kier molecular flexibility index (Phi) is 5.01. The van der Waals surface area contributed by atoms with Crippen LogP contribution < -0.4 is 11.2 Å². The van der Waals surface area contributed by atoms with Crippen molar-refractivity contribution < 1.29 is 4.92 Å². The molecular formula is C24H21N3O4S. The Balaban J connectivity index is 1.76. The van der Waals surface area contributed by atoms with Crippen LogP contribution in [0.1, 0.15) is 34.9 Å². The summed E-state index contributed by atoms with van der Waals surface area (Å²) in [7, 11) is 0. The number of nitro groups is 1. The lowest BCUT2D eigenvalue weighted by Crippen LogP contribution is -2.39. The fourth-order valence-electron chi connectivity index (χ4n) is 4.41. The zero-order valence-electron chi connectivity index (χ0n) is 17.5. The molecule has 0 atom stereocenters. The van der Waals surface area contributed by atoms with Crippen LogP contribution in [0, 0.1) is 10.1 Å². The van der Waals surface area contributed by atoms with E-state index in [0.717, 1.165) is 41.7 Å². The molecule has 0 bridgehead atoms. The molecule has 0 saturated heterocycles. The highest BCUT2D eigenvalue weighted by molar-refractivity contribution is 7.18. The highest BCUT2D eigenvalue weighted by Gasteiger charge is 2.25. The van der Waals surface area contributed by atoms with Gasteiger partial charge in [0.25, 0.3) is 11.2 Å². The highest BCUT2D eigenvalue weighted by Crippen LogP contribution is 2.35. The van der Waals surface area contributed by atoms with Crippen LogP contribution in [-0.2, 0) is 25.8 Å². The van der Waals surface area contributed by atoms with E-state index in [1.54, 1.807) is 28.8 Å². The first-order valence-electron chi connectivity index (χ1n) is 10.6. The van der Waals surface area contributed by atoms with Gasteiger partial charge in [0.1, 0.15) is 4.83 Å². The van der Waals surface area contributed by atoms with Gasteiger partial charge in [0, 0.05) is 17.0 Å². The van der Waals surface area contributed by atoms with Crippen LogP contribution in [0.2, 0.25) is 0 Å². The summed E-state index contributed by atoms with van der Waals surface area (Å²) in [5, 5.41) is 11.8. The van der Waals surface area contributed by atoms with E-state index in [9.17, 15) is 19.7 Å². The molecule has 0 spiro atoms. The quantitative estimate of drug-likeness (QED) is 0.339. The summed E-state index contributed by atoms with van der Waals surface area (Å²) in [6.45, 7) is 2.21. The topological polar surface area (TPSA) is 87.1 Å². The summed E-state index contributed by atoms with van der Waals surface area (Å²) in [6.07, 6.45) is 3.60. The number of aryl methyl sites for hydroxylation is 3. The fraction of sp³-hybridized carbons (Fsp3) is 0.250. The van der Waals surface area contributed by atoms with Gasteiger partial charge in [0.15, 0.2) is 0 Å². The molecule has 2 aromatic heterocycles. The molecule has 4 aromatic rings. The second-order valence-electron chi connectivity index (χ2n) is 7.99. The summed E-state index contributed by atoms with van der Waals surface area (Å²) >= 11 is 1.50. The number of benzene rings is 2. The number of nitrogens with zero attached hydrogens (tertiary/aromatic N) is 3. The Hall–Kier alpha value is -3.52. The summed E-state index contributed by atoms with van der Waals surface area (Å²) in [5.41, 5.74) is 2.59. The molecule has 1 aliphatic carbocycles. The number of fused-ring (bicyclic) bond motifs is 3. The standard InChI is InChI=1S/C24H21N3O4S/c1-2-15-9-11-17(12-10-15)26-22(28)21-19-7-4-8-20(19)32-23(21)25(24(26)29)14-16-5-3-6-18(13-16)27(30)31/h3,5-6,9-13H,2,4,7-8,14H2,1H3. The predicted octanol–water partition coefficient (Wildman–Crippen LogP) is 4.22. The van der Waals surface area contributed by atoms with E-state index < -0.39 is 10.6 Å². The van der Waals surface area contributed by atoms with Crippen LogP contribution in [-0.4, -0.2) is 14.1 Å². The lowest BCUT2D eigenvalue weighted by molar-refractivity contribution is -0.384. The first kappa shape index (κ1) is 20.4. The van der Waals surface area contributed by atoms with Gasteiger partial charge in [-0.1, -0.05) is 31.2 Å². The minimum atomic E-state index is -0.447.